The number of aromatic amines is 2. The van der Waals surface area contributed by atoms with E-state index in [9.17, 15) is 102 Å². The summed E-state index contributed by atoms with van der Waals surface area (Å²) in [5.74, 6) is -11.7. The van der Waals surface area contributed by atoms with E-state index in [2.05, 4.69) is 71.9 Å². The van der Waals surface area contributed by atoms with Gasteiger partial charge in [-0.3, -0.25) is 52.5 Å². The quantitative estimate of drug-likeness (QED) is 0.0191. The van der Waals surface area contributed by atoms with Crippen molar-refractivity contribution in [1.29, 1.82) is 0 Å². The molecule has 0 radical (unpaired) electrons. The maximum absolute atomic E-state index is 14.1. The molecule has 0 unspecified atom stereocenters. The zero-order chi connectivity index (χ0) is 81.4. The third-order valence-corrected chi connectivity index (χ3v) is 22.3. The average Bonchev–Trinajstić information content (AvgIpc) is 1.11. The van der Waals surface area contributed by atoms with Gasteiger partial charge in [0.25, 0.3) is 21.9 Å². The predicted molar refractivity (Wildman–Crippen MR) is 413 cm³/mol. The highest BCUT2D eigenvalue weighted by atomic mass is 32.3. The van der Waals surface area contributed by atoms with Crippen molar-refractivity contribution in [2.24, 2.45) is 5.73 Å². The minimum Gasteiger partial charge on any atom is -0.480 e. The number of anilines is 2. The summed E-state index contributed by atoms with van der Waals surface area (Å²) in [6.45, 7) is 5.86. The number of nitrogens with one attached hydrogen (secondary N) is 12. The fraction of sp³-hybridized carbons (Fsp3) is 0.362. The summed E-state index contributed by atoms with van der Waals surface area (Å²) in [5.41, 5.74) is 7.39. The van der Waals surface area contributed by atoms with Crippen molar-refractivity contribution in [1.82, 2.24) is 70.4 Å². The van der Waals surface area contributed by atoms with Crippen molar-refractivity contribution in [3.05, 3.63) is 174 Å². The van der Waals surface area contributed by atoms with Crippen LogP contribution in [0.4, 0.5) is 11.9 Å². The van der Waals surface area contributed by atoms with Crippen LogP contribution in [0, 0.1) is 34.6 Å². The lowest BCUT2D eigenvalue weighted by Gasteiger charge is -2.26. The number of carbonyl (C=O) groups excluding carboxylic acids is 6. The van der Waals surface area contributed by atoms with Crippen LogP contribution in [0.5, 0.6) is 0 Å². The number of aliphatic carboxylic acids is 2. The number of rotatable bonds is 40. The van der Waals surface area contributed by atoms with Crippen LogP contribution in [0.1, 0.15) is 92.8 Å². The number of pyridine rings is 2. The average molecular weight is 1640 g/mol. The largest absolute Gasteiger partial charge is 0.480 e. The molecular weight excluding hydrogens is 1550 g/mol. The molecule has 0 spiro atoms. The maximum Gasteiger partial charge on any atom is 0.323 e. The van der Waals surface area contributed by atoms with E-state index in [0.717, 1.165) is 11.8 Å². The number of benzene rings is 4. The number of aromatic nitrogens is 6. The Hall–Kier alpha value is -11.0. The molecule has 5 atom stereocenters. The number of aryl methyl sites for hydroxylation is 7. The first kappa shape index (κ1) is 88.2. The number of carboxylic acids is 2. The van der Waals surface area contributed by atoms with E-state index >= 15 is 0 Å². The first-order valence-electron chi connectivity index (χ1n) is 34.0. The summed E-state index contributed by atoms with van der Waals surface area (Å²) in [6, 6.07) is 7.76. The van der Waals surface area contributed by atoms with Gasteiger partial charge in [-0.1, -0.05) is 55.5 Å². The molecule has 4 aromatic heterocycles. The molecule has 112 heavy (non-hydrogen) atoms. The summed E-state index contributed by atoms with van der Waals surface area (Å²) in [6.07, 6.45) is 7.18. The number of amides is 6. The number of imidazole rings is 2. The number of hydrogen-bond donors (Lipinski definition) is 19. The van der Waals surface area contributed by atoms with Gasteiger partial charge in [0, 0.05) is 107 Å². The molecular formula is C69H89N17O22S4. The molecule has 8 aromatic rings. The minimum absolute atomic E-state index is 0. The topological polar surface area (TPSA) is 608 Å². The summed E-state index contributed by atoms with van der Waals surface area (Å²) >= 11 is 0. The van der Waals surface area contributed by atoms with Crippen LogP contribution in [-0.4, -0.2) is 198 Å². The normalized spacial score (nSPS) is 13.3. The standard InChI is InChI=1S/C68H85N17O22S4.CH4/c1-37-25-40(4)59(41(5)26-37)111(106,107)83-50(66(96)97)32-77-61(90)47-34-85(54-28-43(12-14-45(54)57(47)88)30-79-68-74-21-22-75-68)24-8-18-71-64(93)52(36-109(101,102)103)81-62(91)48(69)15-16-55(86)80-51(35-108(98,99)100)63(92)70-17-7-23-84-33-46(56(87)44-13-11-42(27-53(44)84)29-78-67-72-19-20-73-67)60(89)76-31-49(65(94)95)82-110(104,105)58-38(2)9-6-10-39(58)3;/h6,9-14,19-22,25-28,33-34,48-52,82-83,98-100H,7-8,15-18,23-24,29-32,35-36,69H2,1-5H3,(H,70,92)(H,71,93)(H,76,89)(H,77,90)(H,80,86)(H,81,91)(H,94,95)(H,96,97)(H2,72,73,78)(H2,74,75,79)(H,101,102,103);1H4/t48-,49-,50-,51-,52-;/m0./s1. The van der Waals surface area contributed by atoms with Crippen molar-refractivity contribution in [2.45, 2.75) is 134 Å². The summed E-state index contributed by atoms with van der Waals surface area (Å²) < 4.78 is 126. The highest BCUT2D eigenvalue weighted by molar-refractivity contribution is 8.19. The van der Waals surface area contributed by atoms with Gasteiger partial charge in [0.2, 0.25) is 54.5 Å². The maximum atomic E-state index is 14.1. The second-order valence-electron chi connectivity index (χ2n) is 26.0. The molecule has 0 bridgehead atoms. The summed E-state index contributed by atoms with van der Waals surface area (Å²) in [5, 5.41) is 40.2. The van der Waals surface area contributed by atoms with Crippen LogP contribution in [0.2, 0.25) is 0 Å². The number of H-pyrrole nitrogens is 2. The van der Waals surface area contributed by atoms with Crippen molar-refractivity contribution in [2.75, 3.05) is 48.3 Å². The highest BCUT2D eigenvalue weighted by Gasteiger charge is 2.34. The van der Waals surface area contributed by atoms with Crippen LogP contribution < -0.4 is 68.6 Å². The molecule has 4 aromatic carbocycles. The third-order valence-electron chi connectivity index (χ3n) is 17.2. The van der Waals surface area contributed by atoms with Crippen LogP contribution in [0.3, 0.4) is 0 Å². The number of sulfonamides is 2. The van der Waals surface area contributed by atoms with Crippen LogP contribution in [0.25, 0.3) is 21.8 Å². The van der Waals surface area contributed by atoms with E-state index in [4.69, 9.17) is 5.73 Å². The Morgan fingerprint density at radius 1 is 0.545 bits per heavy atom. The number of carbonyl (C=O) groups is 8. The van der Waals surface area contributed by atoms with E-state index in [-0.39, 0.29) is 91.1 Å². The first-order valence-corrected chi connectivity index (χ1v) is 40.3. The van der Waals surface area contributed by atoms with Gasteiger partial charge in [0.15, 0.2) is 11.9 Å². The van der Waals surface area contributed by atoms with E-state index in [1.807, 2.05) is 0 Å². The van der Waals surface area contributed by atoms with Crippen molar-refractivity contribution >= 4 is 122 Å². The monoisotopic (exact) mass is 1640 g/mol. The predicted octanol–water partition coefficient (Wildman–Crippen LogP) is 1.39. The highest BCUT2D eigenvalue weighted by Crippen LogP contribution is 2.33. The number of nitrogens with two attached hydrogens (primary N) is 1. The first-order chi connectivity index (χ1) is 52.2. The number of nitrogens with zero attached hydrogens (tertiary/aromatic N) is 4. The molecule has 0 saturated heterocycles. The summed E-state index contributed by atoms with van der Waals surface area (Å²) in [7, 11) is -18.5. The lowest BCUT2D eigenvalue weighted by molar-refractivity contribution is -0.139. The molecule has 39 nitrogen and oxygen atoms in total. The van der Waals surface area contributed by atoms with Gasteiger partial charge in [-0.05, 0) is 112 Å². The number of fused-ring (bicyclic) bond motifs is 2. The lowest BCUT2D eigenvalue weighted by atomic mass is 10.1. The van der Waals surface area contributed by atoms with Crippen molar-refractivity contribution < 1.29 is 92.0 Å². The molecule has 0 aliphatic carbocycles. The molecule has 0 aliphatic rings. The fourth-order valence-electron chi connectivity index (χ4n) is 12.1. The smallest absolute Gasteiger partial charge is 0.323 e. The van der Waals surface area contributed by atoms with Gasteiger partial charge in [-0.15, -0.1) is 0 Å². The molecule has 4 heterocycles. The van der Waals surface area contributed by atoms with Crippen LogP contribution in [0.15, 0.2) is 123 Å². The second-order valence-corrected chi connectivity index (χ2v) is 32.4. The van der Waals surface area contributed by atoms with Gasteiger partial charge >= 0.3 is 11.9 Å². The molecule has 0 aliphatic heterocycles. The van der Waals surface area contributed by atoms with Gasteiger partial charge < -0.3 is 91.2 Å². The Morgan fingerprint density at radius 3 is 1.38 bits per heavy atom. The molecule has 20 N–H and O–H groups in total. The van der Waals surface area contributed by atoms with Crippen molar-refractivity contribution in [3.63, 3.8) is 0 Å². The Kier molecular flexibility index (Phi) is 30.2. The molecule has 0 fully saturated rings. The van der Waals surface area contributed by atoms with Gasteiger partial charge in [0.1, 0.15) is 41.0 Å². The second kappa shape index (κ2) is 38.3. The fourth-order valence-corrected chi connectivity index (χ4v) is 16.7. The molecule has 43 heteroatoms. The van der Waals surface area contributed by atoms with Crippen molar-refractivity contribution in [3.8, 4) is 0 Å². The SMILES string of the molecule is C.Cc1cc(C)c(S(=O)(=O)N[C@@H](CNC(=O)c2cn(CCCNC(=O)[C@H](CS(=O)(=O)O)NC(=O)[C@@H](N)CCC(=O)N[C@@H](CS(O)(O)O)C(=O)NCCCn3cc(C(=O)NC[C@H](NS(=O)(=O)c4c(C)cccc4C)C(=O)O)c(=O)c4ccc(CNc5ncc[nH]5)cc43)c3cc(CNc4ncc[nH]4)ccc3c2=O)C(=O)O)c(C)c1. The zero-order valence-electron chi connectivity index (χ0n) is 60.3. The molecule has 606 valence electrons. The Morgan fingerprint density at radius 2 is 0.973 bits per heavy atom. The van der Waals surface area contributed by atoms with Gasteiger partial charge in [-0.25, -0.2) is 26.8 Å². The lowest BCUT2D eigenvalue weighted by Crippen LogP contribution is -2.54. The summed E-state index contributed by atoms with van der Waals surface area (Å²) in [4.78, 5) is 149. The third kappa shape index (κ3) is 24.3. The van der Waals surface area contributed by atoms with Gasteiger partial charge in [0.05, 0.1) is 43.5 Å². The van der Waals surface area contributed by atoms with E-state index in [1.54, 1.807) is 61.8 Å². The van der Waals surface area contributed by atoms with Crippen LogP contribution >= 0.6 is 10.9 Å². The minimum atomic E-state index is -5.04. The Labute approximate surface area is 643 Å². The molecule has 8 rings (SSSR count). The molecule has 0 saturated carbocycles. The van der Waals surface area contributed by atoms with E-state index < -0.39 is 178 Å². The van der Waals surface area contributed by atoms with Gasteiger partial charge in [-0.2, -0.15) is 17.9 Å². The Balaban J connectivity index is 0.0000174. The van der Waals surface area contributed by atoms with Crippen LogP contribution in [-0.2, 0) is 85.1 Å². The zero-order valence-corrected chi connectivity index (χ0v) is 63.6. The number of hydrogen-bond acceptors (Lipinski definition) is 24. The van der Waals surface area contributed by atoms with E-state index in [1.165, 1.54) is 79.7 Å². The Bertz CT molecular complexity index is 5270. The van der Waals surface area contributed by atoms with E-state index in [0.29, 0.717) is 45.3 Å². The number of carboxylic acid groups (broad SMARTS) is 2. The molecule has 6 amide bonds.